The van der Waals surface area contributed by atoms with Crippen LogP contribution in [0.15, 0.2) is 24.3 Å². The van der Waals surface area contributed by atoms with Crippen LogP contribution in [0.2, 0.25) is 0 Å². The molecule has 0 saturated heterocycles. The maximum atomic E-state index is 12.0. The number of carbonyl (C=O) groups excluding carboxylic acids is 1. The number of hydrogen-bond donors (Lipinski definition) is 2. The number of nitrogens with two attached hydrogens (primary N) is 1. The highest BCUT2D eigenvalue weighted by atomic mass is 16.5. The molecule has 0 aromatic heterocycles. The van der Waals surface area contributed by atoms with Crippen molar-refractivity contribution in [2.45, 2.75) is 32.6 Å². The summed E-state index contributed by atoms with van der Waals surface area (Å²) in [5.41, 5.74) is 6.62. The molecule has 0 atom stereocenters. The molecule has 0 heterocycles. The molecule has 0 radical (unpaired) electrons. The minimum atomic E-state index is 0.0503. The zero-order valence-electron chi connectivity index (χ0n) is 11.4. The standard InChI is InChI=1S/C15H22N2O2/c1-2-19-13-6-4-12(5-7-13)17-14(18)10-15(11-16)8-3-9-15/h4-7H,2-3,8-11,16H2,1H3,(H,17,18). The topological polar surface area (TPSA) is 64.3 Å². The molecule has 1 amide bonds. The summed E-state index contributed by atoms with van der Waals surface area (Å²) in [7, 11) is 0. The van der Waals surface area contributed by atoms with Gasteiger partial charge in [-0.15, -0.1) is 0 Å². The molecule has 2 rings (SSSR count). The number of amides is 1. The normalized spacial score (nSPS) is 16.5. The molecular weight excluding hydrogens is 240 g/mol. The van der Waals surface area contributed by atoms with Crippen LogP contribution in [0.25, 0.3) is 0 Å². The first-order chi connectivity index (χ1) is 9.17. The Kier molecular flexibility index (Phi) is 4.43. The van der Waals surface area contributed by atoms with Gasteiger partial charge in [-0.2, -0.15) is 0 Å². The summed E-state index contributed by atoms with van der Waals surface area (Å²) in [6.07, 6.45) is 3.85. The first-order valence-electron chi connectivity index (χ1n) is 6.90. The van der Waals surface area contributed by atoms with Crippen molar-refractivity contribution in [1.82, 2.24) is 0 Å². The molecule has 0 aliphatic heterocycles. The lowest BCUT2D eigenvalue weighted by Crippen LogP contribution is -2.40. The van der Waals surface area contributed by atoms with E-state index in [1.165, 1.54) is 6.42 Å². The third kappa shape index (κ3) is 3.47. The molecule has 4 nitrogen and oxygen atoms in total. The van der Waals surface area contributed by atoms with E-state index in [0.717, 1.165) is 24.3 Å². The van der Waals surface area contributed by atoms with Crippen LogP contribution < -0.4 is 15.8 Å². The minimum Gasteiger partial charge on any atom is -0.494 e. The predicted octanol–water partition coefficient (Wildman–Crippen LogP) is 2.54. The average Bonchev–Trinajstić information content (AvgIpc) is 2.37. The zero-order valence-corrected chi connectivity index (χ0v) is 11.4. The van der Waals surface area contributed by atoms with E-state index in [-0.39, 0.29) is 11.3 Å². The molecule has 1 aliphatic carbocycles. The highest BCUT2D eigenvalue weighted by Gasteiger charge is 2.37. The minimum absolute atomic E-state index is 0.0503. The number of rotatable bonds is 6. The van der Waals surface area contributed by atoms with Gasteiger partial charge in [0.25, 0.3) is 0 Å². The van der Waals surface area contributed by atoms with Crippen LogP contribution in [-0.4, -0.2) is 19.1 Å². The van der Waals surface area contributed by atoms with Gasteiger partial charge in [0.1, 0.15) is 5.75 Å². The Morgan fingerprint density at radius 1 is 1.37 bits per heavy atom. The van der Waals surface area contributed by atoms with Gasteiger partial charge in [0.05, 0.1) is 6.61 Å². The van der Waals surface area contributed by atoms with Gasteiger partial charge < -0.3 is 15.8 Å². The van der Waals surface area contributed by atoms with E-state index in [2.05, 4.69) is 5.32 Å². The number of carbonyl (C=O) groups is 1. The van der Waals surface area contributed by atoms with Crippen LogP contribution >= 0.6 is 0 Å². The Bertz CT molecular complexity index is 419. The number of anilines is 1. The smallest absolute Gasteiger partial charge is 0.224 e. The van der Waals surface area contributed by atoms with Gasteiger partial charge in [-0.3, -0.25) is 4.79 Å². The summed E-state index contributed by atoms with van der Waals surface area (Å²) < 4.78 is 5.36. The Morgan fingerprint density at radius 2 is 2.05 bits per heavy atom. The monoisotopic (exact) mass is 262 g/mol. The first-order valence-corrected chi connectivity index (χ1v) is 6.90. The molecule has 1 saturated carbocycles. The lowest BCUT2D eigenvalue weighted by Gasteiger charge is -2.40. The van der Waals surface area contributed by atoms with Crippen molar-refractivity contribution >= 4 is 11.6 Å². The van der Waals surface area contributed by atoms with Crippen molar-refractivity contribution in [2.75, 3.05) is 18.5 Å². The summed E-state index contributed by atoms with van der Waals surface area (Å²) in [5.74, 6) is 0.868. The van der Waals surface area contributed by atoms with Crippen molar-refractivity contribution in [1.29, 1.82) is 0 Å². The average molecular weight is 262 g/mol. The lowest BCUT2D eigenvalue weighted by molar-refractivity contribution is -0.119. The quantitative estimate of drug-likeness (QED) is 0.828. The second kappa shape index (κ2) is 6.06. The molecule has 19 heavy (non-hydrogen) atoms. The second-order valence-electron chi connectivity index (χ2n) is 5.24. The van der Waals surface area contributed by atoms with E-state index in [9.17, 15) is 4.79 Å². The van der Waals surface area contributed by atoms with Crippen molar-refractivity contribution in [3.05, 3.63) is 24.3 Å². The van der Waals surface area contributed by atoms with Gasteiger partial charge in [-0.1, -0.05) is 6.42 Å². The Hall–Kier alpha value is -1.55. The van der Waals surface area contributed by atoms with E-state index < -0.39 is 0 Å². The van der Waals surface area contributed by atoms with Crippen LogP contribution in [0.5, 0.6) is 5.75 Å². The summed E-state index contributed by atoms with van der Waals surface area (Å²) in [5, 5.41) is 2.92. The molecule has 1 aromatic carbocycles. The van der Waals surface area contributed by atoms with E-state index in [4.69, 9.17) is 10.5 Å². The van der Waals surface area contributed by atoms with Crippen LogP contribution in [0.3, 0.4) is 0 Å². The highest BCUT2D eigenvalue weighted by Crippen LogP contribution is 2.43. The molecule has 0 spiro atoms. The van der Waals surface area contributed by atoms with Crippen molar-refractivity contribution < 1.29 is 9.53 Å². The maximum absolute atomic E-state index is 12.0. The Morgan fingerprint density at radius 3 is 2.53 bits per heavy atom. The third-order valence-corrected chi connectivity index (χ3v) is 3.83. The Labute approximate surface area is 114 Å². The van der Waals surface area contributed by atoms with E-state index in [1.54, 1.807) is 0 Å². The molecule has 1 aromatic rings. The zero-order chi connectivity index (χ0) is 13.7. The van der Waals surface area contributed by atoms with E-state index in [1.807, 2.05) is 31.2 Å². The van der Waals surface area contributed by atoms with Gasteiger partial charge >= 0.3 is 0 Å². The third-order valence-electron chi connectivity index (χ3n) is 3.83. The van der Waals surface area contributed by atoms with Gasteiger partial charge in [0.2, 0.25) is 5.91 Å². The number of nitrogens with one attached hydrogen (secondary N) is 1. The van der Waals surface area contributed by atoms with Crippen molar-refractivity contribution in [2.24, 2.45) is 11.1 Å². The van der Waals surface area contributed by atoms with E-state index in [0.29, 0.717) is 19.6 Å². The number of hydrogen-bond acceptors (Lipinski definition) is 3. The number of ether oxygens (including phenoxy) is 1. The predicted molar refractivity (Wildman–Crippen MR) is 76.2 cm³/mol. The SMILES string of the molecule is CCOc1ccc(NC(=O)CC2(CN)CCC2)cc1. The molecule has 1 aliphatic rings. The highest BCUT2D eigenvalue weighted by molar-refractivity contribution is 5.91. The molecule has 0 bridgehead atoms. The molecule has 4 heteroatoms. The number of benzene rings is 1. The largest absolute Gasteiger partial charge is 0.494 e. The molecule has 104 valence electrons. The van der Waals surface area contributed by atoms with Crippen LogP contribution in [0.1, 0.15) is 32.6 Å². The molecule has 0 unspecified atom stereocenters. The maximum Gasteiger partial charge on any atom is 0.224 e. The Balaban J connectivity index is 1.88. The fraction of sp³-hybridized carbons (Fsp3) is 0.533. The summed E-state index contributed by atoms with van der Waals surface area (Å²) in [6, 6.07) is 7.44. The summed E-state index contributed by atoms with van der Waals surface area (Å²) in [4.78, 5) is 12.0. The molecular formula is C15H22N2O2. The van der Waals surface area contributed by atoms with Crippen LogP contribution in [-0.2, 0) is 4.79 Å². The lowest BCUT2D eigenvalue weighted by atomic mass is 9.66. The van der Waals surface area contributed by atoms with E-state index >= 15 is 0 Å². The van der Waals surface area contributed by atoms with Gasteiger partial charge in [0.15, 0.2) is 0 Å². The summed E-state index contributed by atoms with van der Waals surface area (Å²) in [6.45, 7) is 3.19. The van der Waals surface area contributed by atoms with Crippen molar-refractivity contribution in [3.63, 3.8) is 0 Å². The first kappa shape index (κ1) is 13.9. The second-order valence-corrected chi connectivity index (χ2v) is 5.24. The van der Waals surface area contributed by atoms with Gasteiger partial charge in [-0.25, -0.2) is 0 Å². The van der Waals surface area contributed by atoms with Gasteiger partial charge in [-0.05, 0) is 56.0 Å². The van der Waals surface area contributed by atoms with Gasteiger partial charge in [0, 0.05) is 12.1 Å². The molecule has 3 N–H and O–H groups in total. The van der Waals surface area contributed by atoms with Crippen LogP contribution in [0.4, 0.5) is 5.69 Å². The van der Waals surface area contributed by atoms with Crippen LogP contribution in [0, 0.1) is 5.41 Å². The fourth-order valence-corrected chi connectivity index (χ4v) is 2.48. The summed E-state index contributed by atoms with van der Waals surface area (Å²) >= 11 is 0. The molecule has 1 fully saturated rings. The van der Waals surface area contributed by atoms with Crippen molar-refractivity contribution in [3.8, 4) is 5.75 Å². The fourth-order valence-electron chi connectivity index (χ4n) is 2.48.